The number of anilines is 1. The molecule has 0 bridgehead atoms. The maximum absolute atomic E-state index is 13.2. The van der Waals surface area contributed by atoms with Gasteiger partial charge in [0.15, 0.2) is 0 Å². The van der Waals surface area contributed by atoms with Crippen LogP contribution in [-0.4, -0.2) is 28.0 Å². The van der Waals surface area contributed by atoms with Crippen LogP contribution in [0.25, 0.3) is 0 Å². The number of halogens is 2. The Morgan fingerprint density at radius 3 is 2.60 bits per heavy atom. The Morgan fingerprint density at radius 1 is 1.28 bits per heavy atom. The summed E-state index contributed by atoms with van der Waals surface area (Å²) in [6, 6.07) is 8.61. The fraction of sp³-hybridized carbons (Fsp3) is 0.188. The Hall–Kier alpha value is -1.97. The van der Waals surface area contributed by atoms with Crippen LogP contribution in [-0.2, 0) is 21.2 Å². The minimum Gasteiger partial charge on any atom is -0.465 e. The Morgan fingerprint density at radius 2 is 2.00 bits per heavy atom. The first kappa shape index (κ1) is 19.4. The molecule has 9 heteroatoms. The number of benzene rings is 2. The van der Waals surface area contributed by atoms with E-state index in [2.05, 4.69) is 26.0 Å². The lowest BCUT2D eigenvalue weighted by Crippen LogP contribution is -2.15. The summed E-state index contributed by atoms with van der Waals surface area (Å²) in [6.07, 6.45) is 0.566. The summed E-state index contributed by atoms with van der Waals surface area (Å²) in [5, 5.41) is 8.13. The molecule has 0 aliphatic heterocycles. The molecule has 2 aromatic rings. The first-order chi connectivity index (χ1) is 11.7. The van der Waals surface area contributed by atoms with Gasteiger partial charge in [0.05, 0.1) is 22.0 Å². The minimum atomic E-state index is -3.93. The van der Waals surface area contributed by atoms with Gasteiger partial charge in [-0.25, -0.2) is 22.7 Å². The largest absolute Gasteiger partial charge is 0.465 e. The number of hydrogen-bond acceptors (Lipinski definition) is 5. The zero-order chi connectivity index (χ0) is 18.6. The molecule has 0 radical (unpaired) electrons. The maximum Gasteiger partial charge on any atom is 0.340 e. The van der Waals surface area contributed by atoms with Crippen molar-refractivity contribution in [3.63, 3.8) is 0 Å². The zero-order valence-corrected chi connectivity index (χ0v) is 15.7. The second kappa shape index (κ2) is 7.94. The van der Waals surface area contributed by atoms with Crippen molar-refractivity contribution in [1.82, 2.24) is 0 Å². The first-order valence-corrected chi connectivity index (χ1v) is 9.49. The number of primary sulfonamides is 1. The van der Waals surface area contributed by atoms with E-state index in [1.54, 1.807) is 12.1 Å². The number of ether oxygens (including phenoxy) is 1. The molecule has 2 aromatic carbocycles. The average Bonchev–Trinajstić information content (AvgIpc) is 2.56. The zero-order valence-electron chi connectivity index (χ0n) is 13.3. The van der Waals surface area contributed by atoms with Gasteiger partial charge in [0, 0.05) is 12.2 Å². The van der Waals surface area contributed by atoms with Crippen LogP contribution >= 0.6 is 15.9 Å². The van der Waals surface area contributed by atoms with Gasteiger partial charge < -0.3 is 10.1 Å². The van der Waals surface area contributed by atoms with Gasteiger partial charge in [0.1, 0.15) is 5.82 Å². The van der Waals surface area contributed by atoms with E-state index in [-0.39, 0.29) is 16.3 Å². The number of hydrogen-bond donors (Lipinski definition) is 2. The SMILES string of the molecule is COC(=O)c1cc(S(N)(=O)=O)ccc1NCCc1ccc(F)c(Br)c1. The van der Waals surface area contributed by atoms with Gasteiger partial charge in [0.25, 0.3) is 0 Å². The molecule has 25 heavy (non-hydrogen) atoms. The number of nitrogens with two attached hydrogens (primary N) is 1. The average molecular weight is 431 g/mol. The predicted octanol–water partition coefficient (Wildman–Crippen LogP) is 2.68. The molecule has 0 amide bonds. The molecule has 3 N–H and O–H groups in total. The molecule has 0 aliphatic rings. The van der Waals surface area contributed by atoms with E-state index < -0.39 is 16.0 Å². The second-order valence-electron chi connectivity index (χ2n) is 5.17. The van der Waals surface area contributed by atoms with Gasteiger partial charge in [-0.3, -0.25) is 0 Å². The highest BCUT2D eigenvalue weighted by atomic mass is 79.9. The fourth-order valence-electron chi connectivity index (χ4n) is 2.17. The lowest BCUT2D eigenvalue weighted by Gasteiger charge is -2.12. The van der Waals surface area contributed by atoms with E-state index in [9.17, 15) is 17.6 Å². The summed E-state index contributed by atoms with van der Waals surface area (Å²) in [5.41, 5.74) is 1.37. The molecule has 2 rings (SSSR count). The van der Waals surface area contributed by atoms with Crippen LogP contribution in [0.1, 0.15) is 15.9 Å². The Labute approximate surface area is 153 Å². The van der Waals surface area contributed by atoms with Crippen molar-refractivity contribution in [3.05, 3.63) is 57.8 Å². The molecule has 0 unspecified atom stereocenters. The number of esters is 1. The summed E-state index contributed by atoms with van der Waals surface area (Å²) < 4.78 is 41.1. The molecule has 0 aliphatic carbocycles. The molecule has 0 heterocycles. The highest BCUT2D eigenvalue weighted by Crippen LogP contribution is 2.22. The van der Waals surface area contributed by atoms with Crippen LogP contribution in [0.3, 0.4) is 0 Å². The molecule has 0 atom stereocenters. The van der Waals surface area contributed by atoms with Gasteiger partial charge >= 0.3 is 5.97 Å². The number of carbonyl (C=O) groups is 1. The van der Waals surface area contributed by atoms with Crippen molar-refractivity contribution >= 4 is 37.6 Å². The van der Waals surface area contributed by atoms with E-state index in [0.29, 0.717) is 23.1 Å². The molecule has 6 nitrogen and oxygen atoms in total. The molecule has 134 valence electrons. The number of carbonyl (C=O) groups excluding carboxylic acids is 1. The highest BCUT2D eigenvalue weighted by Gasteiger charge is 2.17. The third kappa shape index (κ3) is 5.00. The lowest BCUT2D eigenvalue weighted by atomic mass is 10.1. The molecular formula is C16H16BrFN2O4S. The number of rotatable bonds is 6. The van der Waals surface area contributed by atoms with Crippen molar-refractivity contribution in [1.29, 1.82) is 0 Å². The summed E-state index contributed by atoms with van der Waals surface area (Å²) in [5.74, 6) is -1.03. The highest BCUT2D eigenvalue weighted by molar-refractivity contribution is 9.10. The van der Waals surface area contributed by atoms with Gasteiger partial charge in [-0.2, -0.15) is 0 Å². The normalized spacial score (nSPS) is 11.2. The topological polar surface area (TPSA) is 98.5 Å². The first-order valence-electron chi connectivity index (χ1n) is 7.15. The van der Waals surface area contributed by atoms with Crippen molar-refractivity contribution in [3.8, 4) is 0 Å². The summed E-state index contributed by atoms with van der Waals surface area (Å²) in [4.78, 5) is 11.7. The Balaban J connectivity index is 2.17. The number of sulfonamides is 1. The summed E-state index contributed by atoms with van der Waals surface area (Å²) in [7, 11) is -2.73. The van der Waals surface area contributed by atoms with Crippen LogP contribution in [0.2, 0.25) is 0 Å². The molecule has 0 aromatic heterocycles. The fourth-order valence-corrected chi connectivity index (χ4v) is 3.14. The van der Waals surface area contributed by atoms with E-state index >= 15 is 0 Å². The van der Waals surface area contributed by atoms with Crippen LogP contribution < -0.4 is 10.5 Å². The van der Waals surface area contributed by atoms with Crippen molar-refractivity contribution in [2.24, 2.45) is 5.14 Å². The third-order valence-electron chi connectivity index (χ3n) is 3.44. The number of nitrogens with one attached hydrogen (secondary N) is 1. The second-order valence-corrected chi connectivity index (χ2v) is 7.58. The van der Waals surface area contributed by atoms with Crippen molar-refractivity contribution in [2.75, 3.05) is 19.0 Å². The maximum atomic E-state index is 13.2. The van der Waals surface area contributed by atoms with E-state index in [1.165, 1.54) is 25.3 Å². The van der Waals surface area contributed by atoms with Gasteiger partial charge in [-0.05, 0) is 58.2 Å². The van der Waals surface area contributed by atoms with E-state index in [1.807, 2.05) is 0 Å². The smallest absolute Gasteiger partial charge is 0.340 e. The molecule has 0 saturated heterocycles. The Bertz CT molecular complexity index is 903. The molecular weight excluding hydrogens is 415 g/mol. The molecule has 0 fully saturated rings. The van der Waals surface area contributed by atoms with Gasteiger partial charge in [-0.1, -0.05) is 6.07 Å². The predicted molar refractivity (Wildman–Crippen MR) is 95.4 cm³/mol. The molecule has 0 saturated carbocycles. The summed E-state index contributed by atoms with van der Waals surface area (Å²) in [6.45, 7) is 0.441. The monoisotopic (exact) mass is 430 g/mol. The third-order valence-corrected chi connectivity index (χ3v) is 4.96. The Kier molecular flexibility index (Phi) is 6.15. The van der Waals surface area contributed by atoms with E-state index in [4.69, 9.17) is 5.14 Å². The van der Waals surface area contributed by atoms with Crippen LogP contribution in [0.15, 0.2) is 45.8 Å². The number of methoxy groups -OCH3 is 1. The van der Waals surface area contributed by atoms with Crippen molar-refractivity contribution in [2.45, 2.75) is 11.3 Å². The van der Waals surface area contributed by atoms with Crippen LogP contribution in [0, 0.1) is 5.82 Å². The van der Waals surface area contributed by atoms with Gasteiger partial charge in [0.2, 0.25) is 10.0 Å². The molecule has 0 spiro atoms. The standard InChI is InChI=1S/C16H16BrFN2O4S/c1-24-16(21)12-9-11(25(19,22)23)3-5-15(12)20-7-6-10-2-4-14(18)13(17)8-10/h2-5,8-9,20H,6-7H2,1H3,(H2,19,22,23). The van der Waals surface area contributed by atoms with Crippen LogP contribution in [0.4, 0.5) is 10.1 Å². The van der Waals surface area contributed by atoms with E-state index in [0.717, 1.165) is 11.6 Å². The quantitative estimate of drug-likeness (QED) is 0.686. The summed E-state index contributed by atoms with van der Waals surface area (Å²) >= 11 is 3.12. The minimum absolute atomic E-state index is 0.0642. The van der Waals surface area contributed by atoms with Crippen molar-refractivity contribution < 1.29 is 22.3 Å². The van der Waals surface area contributed by atoms with Crippen LogP contribution in [0.5, 0.6) is 0 Å². The lowest BCUT2D eigenvalue weighted by molar-refractivity contribution is 0.0601. The van der Waals surface area contributed by atoms with Gasteiger partial charge in [-0.15, -0.1) is 0 Å².